The molecule has 2 fully saturated rings. The lowest BCUT2D eigenvalue weighted by Gasteiger charge is -2.39. The normalized spacial score (nSPS) is 20.0. The van der Waals surface area contributed by atoms with Crippen LogP contribution in [0.1, 0.15) is 53.2 Å². The molecule has 2 aromatic carbocycles. The van der Waals surface area contributed by atoms with Gasteiger partial charge in [-0.2, -0.15) is 0 Å². The summed E-state index contributed by atoms with van der Waals surface area (Å²) in [5.74, 6) is -0.251. The van der Waals surface area contributed by atoms with E-state index in [4.69, 9.17) is 9.47 Å². The zero-order chi connectivity index (χ0) is 24.4. The third-order valence-electron chi connectivity index (χ3n) is 6.84. The fraction of sp³-hybridized carbons (Fsp3) is 0.444. The van der Waals surface area contributed by atoms with Gasteiger partial charge in [0.25, 0.3) is 5.91 Å². The second-order valence-corrected chi connectivity index (χ2v) is 9.47. The predicted octanol–water partition coefficient (Wildman–Crippen LogP) is 3.06. The third-order valence-corrected chi connectivity index (χ3v) is 6.84. The lowest BCUT2D eigenvalue weighted by atomic mass is 10.0. The molecule has 0 radical (unpaired) electrons. The Bertz CT molecular complexity index is 1120. The molecule has 3 amide bonds. The fourth-order valence-corrected chi connectivity index (χ4v) is 4.89. The minimum absolute atomic E-state index is 0. The van der Waals surface area contributed by atoms with Crippen molar-refractivity contribution in [3.8, 4) is 5.75 Å². The molecule has 192 valence electrons. The largest absolute Gasteiger partial charge is 0.489 e. The summed E-state index contributed by atoms with van der Waals surface area (Å²) in [6, 6.07) is 13.2. The number of nitrogens with one attached hydrogen (secondary N) is 1. The summed E-state index contributed by atoms with van der Waals surface area (Å²) in [5.41, 5.74) is 3.65. The van der Waals surface area contributed by atoms with Crippen molar-refractivity contribution in [2.24, 2.45) is 0 Å². The van der Waals surface area contributed by atoms with Crippen LogP contribution in [0.15, 0.2) is 42.5 Å². The maximum Gasteiger partial charge on any atom is 0.255 e. The smallest absolute Gasteiger partial charge is 0.255 e. The number of benzene rings is 2. The van der Waals surface area contributed by atoms with Crippen LogP contribution >= 0.6 is 12.4 Å². The SMILES string of the molecule is CCCOC1CN(Cc2ccc(COc3cccc4c3CN(C3CCC(=O)NC3=O)C4=O)cc2)C1.Cl. The summed E-state index contributed by atoms with van der Waals surface area (Å²) in [7, 11) is 0. The Morgan fingerprint density at radius 1 is 1.03 bits per heavy atom. The van der Waals surface area contributed by atoms with Crippen molar-refractivity contribution in [1.82, 2.24) is 15.1 Å². The summed E-state index contributed by atoms with van der Waals surface area (Å²) in [5, 5.41) is 2.34. The minimum atomic E-state index is -0.632. The molecule has 1 atom stereocenters. The average Bonchev–Trinajstić information content (AvgIpc) is 3.16. The number of likely N-dealkylation sites (tertiary alicyclic amines) is 1. The molecule has 0 aromatic heterocycles. The number of carbonyl (C=O) groups excluding carboxylic acids is 3. The summed E-state index contributed by atoms with van der Waals surface area (Å²) in [6.45, 7) is 6.53. The number of imide groups is 1. The van der Waals surface area contributed by atoms with Crippen molar-refractivity contribution in [3.05, 3.63) is 64.7 Å². The number of carbonyl (C=O) groups is 3. The number of hydrogen-bond acceptors (Lipinski definition) is 6. The Hall–Kier alpha value is -2.94. The van der Waals surface area contributed by atoms with Gasteiger partial charge in [0, 0.05) is 43.8 Å². The molecule has 0 bridgehead atoms. The highest BCUT2D eigenvalue weighted by Gasteiger charge is 2.40. The van der Waals surface area contributed by atoms with E-state index in [9.17, 15) is 14.4 Å². The monoisotopic (exact) mass is 513 g/mol. The van der Waals surface area contributed by atoms with Crippen molar-refractivity contribution < 1.29 is 23.9 Å². The van der Waals surface area contributed by atoms with Gasteiger partial charge in [-0.15, -0.1) is 12.4 Å². The van der Waals surface area contributed by atoms with Gasteiger partial charge in [-0.3, -0.25) is 24.6 Å². The molecule has 2 saturated heterocycles. The Morgan fingerprint density at radius 2 is 1.78 bits per heavy atom. The first-order valence-corrected chi connectivity index (χ1v) is 12.3. The van der Waals surface area contributed by atoms with E-state index in [1.165, 1.54) is 5.56 Å². The van der Waals surface area contributed by atoms with Crippen molar-refractivity contribution in [1.29, 1.82) is 0 Å². The van der Waals surface area contributed by atoms with E-state index in [1.54, 1.807) is 17.0 Å². The molecule has 1 N–H and O–H groups in total. The minimum Gasteiger partial charge on any atom is -0.489 e. The van der Waals surface area contributed by atoms with Crippen molar-refractivity contribution in [3.63, 3.8) is 0 Å². The lowest BCUT2D eigenvalue weighted by Crippen LogP contribution is -2.52. The summed E-state index contributed by atoms with van der Waals surface area (Å²) < 4.78 is 11.9. The van der Waals surface area contributed by atoms with Crippen LogP contribution in [0.4, 0.5) is 0 Å². The molecule has 3 aliphatic rings. The van der Waals surface area contributed by atoms with Crippen LogP contribution in [-0.2, 0) is 34.0 Å². The van der Waals surface area contributed by atoms with E-state index < -0.39 is 11.9 Å². The first-order valence-electron chi connectivity index (χ1n) is 12.3. The Kier molecular flexibility index (Phi) is 8.28. The van der Waals surface area contributed by atoms with E-state index in [1.807, 2.05) is 6.07 Å². The molecule has 5 rings (SSSR count). The topological polar surface area (TPSA) is 88.2 Å². The van der Waals surface area contributed by atoms with Crippen LogP contribution in [0, 0.1) is 0 Å². The highest BCUT2D eigenvalue weighted by atomic mass is 35.5. The molecular weight excluding hydrogens is 482 g/mol. The molecule has 3 heterocycles. The maximum absolute atomic E-state index is 13.0. The highest BCUT2D eigenvalue weighted by Crippen LogP contribution is 2.34. The van der Waals surface area contributed by atoms with Gasteiger partial charge in [0.05, 0.1) is 12.6 Å². The molecule has 0 spiro atoms. The van der Waals surface area contributed by atoms with E-state index in [0.717, 1.165) is 43.8 Å². The zero-order valence-corrected chi connectivity index (χ0v) is 21.2. The van der Waals surface area contributed by atoms with Gasteiger partial charge in [-0.25, -0.2) is 0 Å². The highest BCUT2D eigenvalue weighted by molar-refractivity contribution is 6.05. The van der Waals surface area contributed by atoms with Crippen LogP contribution in [-0.4, -0.2) is 59.4 Å². The van der Waals surface area contributed by atoms with Gasteiger partial charge < -0.3 is 14.4 Å². The standard InChI is InChI=1S/C27H31N3O5.ClH/c1-2-12-34-20-14-29(15-20)13-18-6-8-19(9-7-18)17-35-24-5-3-4-21-22(24)16-30(27(21)33)23-10-11-25(31)28-26(23)32;/h3-9,20,23H,2,10-17H2,1H3,(H,28,31,32);1H. The van der Waals surface area contributed by atoms with E-state index in [-0.39, 0.29) is 30.6 Å². The molecule has 1 unspecified atom stereocenters. The number of hydrogen-bond donors (Lipinski definition) is 1. The van der Waals surface area contributed by atoms with Crippen LogP contribution in [0.25, 0.3) is 0 Å². The average molecular weight is 514 g/mol. The van der Waals surface area contributed by atoms with Crippen LogP contribution in [0.5, 0.6) is 5.75 Å². The molecule has 0 saturated carbocycles. The van der Waals surface area contributed by atoms with Crippen LogP contribution < -0.4 is 10.1 Å². The second kappa shape index (κ2) is 11.4. The molecule has 0 aliphatic carbocycles. The van der Waals surface area contributed by atoms with Gasteiger partial charge in [0.15, 0.2) is 0 Å². The number of fused-ring (bicyclic) bond motifs is 1. The van der Waals surface area contributed by atoms with Gasteiger partial charge in [-0.1, -0.05) is 37.3 Å². The second-order valence-electron chi connectivity index (χ2n) is 9.47. The van der Waals surface area contributed by atoms with E-state index in [2.05, 4.69) is 41.4 Å². The van der Waals surface area contributed by atoms with Crippen LogP contribution in [0.2, 0.25) is 0 Å². The summed E-state index contributed by atoms with van der Waals surface area (Å²) in [6.07, 6.45) is 2.01. The van der Waals surface area contributed by atoms with Crippen molar-refractivity contribution >= 4 is 30.1 Å². The quantitative estimate of drug-likeness (QED) is 0.518. The molecule has 9 heteroatoms. The van der Waals surface area contributed by atoms with Crippen molar-refractivity contribution in [2.45, 2.75) is 58.0 Å². The lowest BCUT2D eigenvalue weighted by molar-refractivity contribution is -0.136. The van der Waals surface area contributed by atoms with Crippen molar-refractivity contribution in [2.75, 3.05) is 19.7 Å². The third kappa shape index (κ3) is 5.56. The molecular formula is C27H32ClN3O5. The van der Waals surface area contributed by atoms with E-state index >= 15 is 0 Å². The maximum atomic E-state index is 13.0. The molecule has 8 nitrogen and oxygen atoms in total. The Morgan fingerprint density at radius 3 is 2.50 bits per heavy atom. The summed E-state index contributed by atoms with van der Waals surface area (Å²) in [4.78, 5) is 40.7. The number of halogens is 1. The predicted molar refractivity (Wildman–Crippen MR) is 136 cm³/mol. The number of rotatable bonds is 9. The first-order chi connectivity index (χ1) is 17.0. The molecule has 2 aromatic rings. The number of piperidine rings is 1. The molecule has 36 heavy (non-hydrogen) atoms. The Balaban J connectivity index is 0.00000304. The number of ether oxygens (including phenoxy) is 2. The fourth-order valence-electron chi connectivity index (χ4n) is 4.89. The zero-order valence-electron chi connectivity index (χ0n) is 20.4. The number of amides is 3. The first kappa shape index (κ1) is 26.1. The van der Waals surface area contributed by atoms with Crippen LogP contribution in [0.3, 0.4) is 0 Å². The van der Waals surface area contributed by atoms with Gasteiger partial charge in [0.1, 0.15) is 18.4 Å². The summed E-state index contributed by atoms with van der Waals surface area (Å²) >= 11 is 0. The van der Waals surface area contributed by atoms with E-state index in [0.29, 0.717) is 37.0 Å². The molecule has 3 aliphatic heterocycles. The Labute approximate surface area is 217 Å². The van der Waals surface area contributed by atoms with Gasteiger partial charge >= 0.3 is 0 Å². The van der Waals surface area contributed by atoms with Gasteiger partial charge in [0.2, 0.25) is 11.8 Å². The number of nitrogens with zero attached hydrogens (tertiary/aromatic N) is 2. The van der Waals surface area contributed by atoms with Gasteiger partial charge in [-0.05, 0) is 36.1 Å².